The summed E-state index contributed by atoms with van der Waals surface area (Å²) in [5.74, 6) is 0.177. The summed E-state index contributed by atoms with van der Waals surface area (Å²) < 4.78 is 0. The summed E-state index contributed by atoms with van der Waals surface area (Å²) in [6, 6.07) is 0.0691. The largest absolute Gasteiger partial charge is 0.355 e. The number of carbonyl (C=O) groups is 1. The Hall–Kier alpha value is -0.220. The number of hydrogen-bond acceptors (Lipinski definition) is 3. The lowest BCUT2D eigenvalue weighted by atomic mass is 10.2. The molecule has 0 spiro atoms. The predicted octanol–water partition coefficient (Wildman–Crippen LogP) is 0.996. The molecule has 2 atom stereocenters. The van der Waals surface area contributed by atoms with Crippen LogP contribution in [0.5, 0.6) is 0 Å². The van der Waals surface area contributed by atoms with Crippen LogP contribution >= 0.6 is 11.8 Å². The quantitative estimate of drug-likeness (QED) is 0.720. The van der Waals surface area contributed by atoms with E-state index in [-0.39, 0.29) is 11.9 Å². The van der Waals surface area contributed by atoms with E-state index in [0.29, 0.717) is 5.25 Å². The van der Waals surface area contributed by atoms with Crippen molar-refractivity contribution in [3.8, 4) is 0 Å². The SMILES string of the molecule is CSC(C)CCNC(=O)[C@@H]1CCCN1. The first-order valence-electron chi connectivity index (χ1n) is 5.28. The van der Waals surface area contributed by atoms with Crippen LogP contribution in [0.4, 0.5) is 0 Å². The minimum atomic E-state index is 0.0691. The van der Waals surface area contributed by atoms with Gasteiger partial charge in [-0.25, -0.2) is 0 Å². The van der Waals surface area contributed by atoms with Gasteiger partial charge in [0.15, 0.2) is 0 Å². The molecule has 1 aliphatic heterocycles. The first kappa shape index (κ1) is 11.9. The number of rotatable bonds is 5. The lowest BCUT2D eigenvalue weighted by molar-refractivity contribution is -0.122. The second kappa shape index (κ2) is 6.30. The average molecular weight is 216 g/mol. The standard InChI is InChI=1S/C10H20N2OS/c1-8(14-2)5-7-12-10(13)9-4-3-6-11-9/h8-9,11H,3-7H2,1-2H3,(H,12,13)/t8?,9-/m0/s1. The maximum absolute atomic E-state index is 11.5. The van der Waals surface area contributed by atoms with Gasteiger partial charge in [0, 0.05) is 11.8 Å². The van der Waals surface area contributed by atoms with Crippen LogP contribution in [0.2, 0.25) is 0 Å². The van der Waals surface area contributed by atoms with Gasteiger partial charge in [0.2, 0.25) is 5.91 Å². The molecule has 0 aromatic heterocycles. The molecule has 82 valence electrons. The van der Waals surface area contributed by atoms with E-state index in [1.807, 2.05) is 11.8 Å². The van der Waals surface area contributed by atoms with Gasteiger partial charge in [-0.1, -0.05) is 6.92 Å². The van der Waals surface area contributed by atoms with Crippen molar-refractivity contribution in [3.63, 3.8) is 0 Å². The maximum Gasteiger partial charge on any atom is 0.237 e. The maximum atomic E-state index is 11.5. The Morgan fingerprint density at radius 3 is 3.07 bits per heavy atom. The molecule has 1 unspecified atom stereocenters. The molecule has 0 radical (unpaired) electrons. The zero-order valence-corrected chi connectivity index (χ0v) is 9.82. The Balaban J connectivity index is 2.08. The highest BCUT2D eigenvalue weighted by Gasteiger charge is 2.21. The third-order valence-electron chi connectivity index (χ3n) is 2.63. The van der Waals surface area contributed by atoms with E-state index in [4.69, 9.17) is 0 Å². The molecular weight excluding hydrogens is 196 g/mol. The van der Waals surface area contributed by atoms with Gasteiger partial charge in [-0.3, -0.25) is 4.79 Å². The van der Waals surface area contributed by atoms with Gasteiger partial charge in [-0.15, -0.1) is 0 Å². The Morgan fingerprint density at radius 1 is 1.71 bits per heavy atom. The first-order chi connectivity index (χ1) is 6.74. The fraction of sp³-hybridized carbons (Fsp3) is 0.900. The molecule has 1 rings (SSSR count). The molecule has 0 saturated carbocycles. The Labute approximate surface area is 90.4 Å². The number of nitrogens with one attached hydrogen (secondary N) is 2. The van der Waals surface area contributed by atoms with Crippen LogP contribution in [0.15, 0.2) is 0 Å². The molecular formula is C10H20N2OS. The highest BCUT2D eigenvalue weighted by atomic mass is 32.2. The van der Waals surface area contributed by atoms with Crippen LogP contribution in [0.3, 0.4) is 0 Å². The molecule has 0 aromatic rings. The fourth-order valence-corrected chi connectivity index (χ4v) is 1.90. The van der Waals surface area contributed by atoms with Gasteiger partial charge in [-0.2, -0.15) is 11.8 Å². The summed E-state index contributed by atoms with van der Waals surface area (Å²) in [5, 5.41) is 6.80. The normalized spacial score (nSPS) is 23.4. The summed E-state index contributed by atoms with van der Waals surface area (Å²) in [7, 11) is 0. The lowest BCUT2D eigenvalue weighted by Crippen LogP contribution is -2.41. The monoisotopic (exact) mass is 216 g/mol. The van der Waals surface area contributed by atoms with Crippen molar-refractivity contribution in [3.05, 3.63) is 0 Å². The third-order valence-corrected chi connectivity index (χ3v) is 3.67. The average Bonchev–Trinajstić information content (AvgIpc) is 2.70. The minimum Gasteiger partial charge on any atom is -0.355 e. The topological polar surface area (TPSA) is 41.1 Å². The molecule has 1 heterocycles. The number of carbonyl (C=O) groups excluding carboxylic acids is 1. The number of amides is 1. The highest BCUT2D eigenvalue weighted by molar-refractivity contribution is 7.99. The lowest BCUT2D eigenvalue weighted by Gasteiger charge is -2.12. The molecule has 3 nitrogen and oxygen atoms in total. The van der Waals surface area contributed by atoms with Gasteiger partial charge in [0.25, 0.3) is 0 Å². The van der Waals surface area contributed by atoms with Crippen molar-refractivity contribution in [2.24, 2.45) is 0 Å². The molecule has 0 aromatic carbocycles. The third kappa shape index (κ3) is 3.88. The van der Waals surface area contributed by atoms with Gasteiger partial charge >= 0.3 is 0 Å². The summed E-state index contributed by atoms with van der Waals surface area (Å²) in [6.07, 6.45) is 5.27. The van der Waals surface area contributed by atoms with Crippen molar-refractivity contribution in [2.75, 3.05) is 19.3 Å². The molecule has 1 fully saturated rings. The second-order valence-corrected chi connectivity index (χ2v) is 5.05. The van der Waals surface area contributed by atoms with Crippen molar-refractivity contribution < 1.29 is 4.79 Å². The number of thioether (sulfide) groups is 1. The van der Waals surface area contributed by atoms with E-state index < -0.39 is 0 Å². The van der Waals surface area contributed by atoms with Crippen molar-refractivity contribution in [1.82, 2.24) is 10.6 Å². The van der Waals surface area contributed by atoms with Crippen molar-refractivity contribution in [1.29, 1.82) is 0 Å². The van der Waals surface area contributed by atoms with E-state index in [9.17, 15) is 4.79 Å². The molecule has 1 saturated heterocycles. The smallest absolute Gasteiger partial charge is 0.237 e. The highest BCUT2D eigenvalue weighted by Crippen LogP contribution is 2.08. The Bertz CT molecular complexity index is 181. The molecule has 1 aliphatic rings. The van der Waals surface area contributed by atoms with Gasteiger partial charge in [0.1, 0.15) is 0 Å². The van der Waals surface area contributed by atoms with Crippen molar-refractivity contribution in [2.45, 2.75) is 37.5 Å². The number of hydrogen-bond donors (Lipinski definition) is 2. The van der Waals surface area contributed by atoms with E-state index in [1.54, 1.807) is 0 Å². The predicted molar refractivity (Wildman–Crippen MR) is 61.6 cm³/mol. The fourth-order valence-electron chi connectivity index (χ4n) is 1.55. The first-order valence-corrected chi connectivity index (χ1v) is 6.56. The van der Waals surface area contributed by atoms with E-state index in [1.165, 1.54) is 0 Å². The van der Waals surface area contributed by atoms with Crippen LogP contribution in [0.25, 0.3) is 0 Å². The van der Waals surface area contributed by atoms with Crippen LogP contribution < -0.4 is 10.6 Å². The van der Waals surface area contributed by atoms with E-state index in [0.717, 1.165) is 32.4 Å². The van der Waals surface area contributed by atoms with Crippen LogP contribution in [-0.2, 0) is 4.79 Å². The molecule has 4 heteroatoms. The molecule has 0 bridgehead atoms. The summed E-state index contributed by atoms with van der Waals surface area (Å²) in [6.45, 7) is 3.98. The Morgan fingerprint density at radius 2 is 2.50 bits per heavy atom. The van der Waals surface area contributed by atoms with E-state index in [2.05, 4.69) is 23.8 Å². The van der Waals surface area contributed by atoms with E-state index >= 15 is 0 Å². The van der Waals surface area contributed by atoms with Crippen LogP contribution in [-0.4, -0.2) is 36.5 Å². The zero-order valence-electron chi connectivity index (χ0n) is 9.01. The molecule has 14 heavy (non-hydrogen) atoms. The van der Waals surface area contributed by atoms with Crippen molar-refractivity contribution >= 4 is 17.7 Å². The zero-order chi connectivity index (χ0) is 10.4. The second-order valence-electron chi connectivity index (χ2n) is 3.77. The van der Waals surface area contributed by atoms with Gasteiger partial charge < -0.3 is 10.6 Å². The van der Waals surface area contributed by atoms with Gasteiger partial charge in [0.05, 0.1) is 6.04 Å². The molecule has 2 N–H and O–H groups in total. The van der Waals surface area contributed by atoms with Crippen LogP contribution in [0.1, 0.15) is 26.2 Å². The summed E-state index contributed by atoms with van der Waals surface area (Å²) >= 11 is 1.84. The molecule has 0 aliphatic carbocycles. The summed E-state index contributed by atoms with van der Waals surface area (Å²) in [5.41, 5.74) is 0. The molecule has 1 amide bonds. The summed E-state index contributed by atoms with van der Waals surface area (Å²) in [4.78, 5) is 11.5. The minimum absolute atomic E-state index is 0.0691. The Kier molecular flexibility index (Phi) is 5.33. The van der Waals surface area contributed by atoms with Crippen LogP contribution in [0, 0.1) is 0 Å². The van der Waals surface area contributed by atoms with Gasteiger partial charge in [-0.05, 0) is 32.1 Å².